The van der Waals surface area contributed by atoms with Gasteiger partial charge in [-0.3, -0.25) is 14.6 Å². The summed E-state index contributed by atoms with van der Waals surface area (Å²) in [6.45, 7) is 6.83. The molecule has 1 amide bonds. The Balaban J connectivity index is 2.05. The van der Waals surface area contributed by atoms with Crippen molar-refractivity contribution in [1.82, 2.24) is 14.8 Å². The number of ketones is 1. The molecule has 7 nitrogen and oxygen atoms in total. The Hall–Kier alpha value is -3.19. The highest BCUT2D eigenvalue weighted by Gasteiger charge is 2.46. The zero-order valence-electron chi connectivity index (χ0n) is 17.5. The average Bonchev–Trinajstić information content (AvgIpc) is 3.05. The maximum absolute atomic E-state index is 13.0. The van der Waals surface area contributed by atoms with Gasteiger partial charge in [0.15, 0.2) is 0 Å². The smallest absolute Gasteiger partial charge is 0.295 e. The maximum atomic E-state index is 13.0. The predicted octanol–water partition coefficient (Wildman–Crippen LogP) is 2.85. The number of aromatic nitrogens is 1. The molecule has 7 heteroatoms. The summed E-state index contributed by atoms with van der Waals surface area (Å²) >= 11 is 0. The monoisotopic (exact) mass is 409 g/mol. The van der Waals surface area contributed by atoms with Crippen LogP contribution in [0.4, 0.5) is 0 Å². The Morgan fingerprint density at radius 1 is 1.17 bits per heavy atom. The number of hydrogen-bond acceptors (Lipinski definition) is 6. The van der Waals surface area contributed by atoms with Crippen LogP contribution in [0, 0.1) is 0 Å². The largest absolute Gasteiger partial charge is 0.507 e. The number of hydrogen-bond donors (Lipinski definition) is 1. The molecule has 1 saturated heterocycles. The standard InChI is InChI=1S/C23H27N3O4/c1-4-25(5-2)13-14-26-20(17-7-6-12-24-15-17)19(22(28)23(26)29)21(27)16-8-10-18(30-3)11-9-16/h6-12,15,20,27H,4-5,13-14H2,1-3H3/b21-19+. The van der Waals surface area contributed by atoms with Crippen LogP contribution in [0.5, 0.6) is 5.75 Å². The highest BCUT2D eigenvalue weighted by Crippen LogP contribution is 2.39. The van der Waals surface area contributed by atoms with Crippen molar-refractivity contribution in [2.45, 2.75) is 19.9 Å². The van der Waals surface area contributed by atoms with E-state index in [0.717, 1.165) is 13.1 Å². The number of aliphatic hydroxyl groups excluding tert-OH is 1. The Morgan fingerprint density at radius 3 is 2.43 bits per heavy atom. The third-order valence-corrected chi connectivity index (χ3v) is 5.46. The molecule has 0 spiro atoms. The van der Waals surface area contributed by atoms with E-state index in [1.54, 1.807) is 49.8 Å². The minimum atomic E-state index is -0.684. The molecule has 0 bridgehead atoms. The molecule has 0 aliphatic carbocycles. The first-order chi connectivity index (χ1) is 14.5. The first-order valence-corrected chi connectivity index (χ1v) is 10.1. The van der Waals surface area contributed by atoms with E-state index in [9.17, 15) is 14.7 Å². The molecule has 0 radical (unpaired) electrons. The molecule has 1 atom stereocenters. The van der Waals surface area contributed by atoms with Gasteiger partial charge in [0.1, 0.15) is 11.5 Å². The van der Waals surface area contributed by atoms with Crippen LogP contribution in [0.15, 0.2) is 54.4 Å². The van der Waals surface area contributed by atoms with Gasteiger partial charge in [0.05, 0.1) is 18.7 Å². The lowest BCUT2D eigenvalue weighted by Gasteiger charge is -2.28. The lowest BCUT2D eigenvalue weighted by molar-refractivity contribution is -0.140. The highest BCUT2D eigenvalue weighted by molar-refractivity contribution is 6.46. The second-order valence-electron chi connectivity index (χ2n) is 7.03. The minimum absolute atomic E-state index is 0.0812. The number of likely N-dealkylation sites (tertiary alicyclic amines) is 1. The second-order valence-corrected chi connectivity index (χ2v) is 7.03. The van der Waals surface area contributed by atoms with E-state index < -0.39 is 17.7 Å². The van der Waals surface area contributed by atoms with Gasteiger partial charge < -0.3 is 19.6 Å². The van der Waals surface area contributed by atoms with Crippen molar-refractivity contribution < 1.29 is 19.4 Å². The lowest BCUT2D eigenvalue weighted by atomic mass is 9.96. The zero-order valence-corrected chi connectivity index (χ0v) is 17.5. The van der Waals surface area contributed by atoms with Crippen LogP contribution < -0.4 is 4.74 Å². The van der Waals surface area contributed by atoms with Gasteiger partial charge in [-0.25, -0.2) is 0 Å². The van der Waals surface area contributed by atoms with E-state index in [4.69, 9.17) is 4.74 Å². The number of likely N-dealkylation sites (N-methyl/N-ethyl adjacent to an activating group) is 1. The molecule has 1 aliphatic rings. The number of Topliss-reactive ketones (excluding diaryl/α,β-unsaturated/α-hetero) is 1. The molecule has 2 heterocycles. The number of rotatable bonds is 8. The van der Waals surface area contributed by atoms with Gasteiger partial charge in [-0.15, -0.1) is 0 Å². The van der Waals surface area contributed by atoms with Gasteiger partial charge in [0.2, 0.25) is 0 Å². The van der Waals surface area contributed by atoms with Crippen LogP contribution in [0.25, 0.3) is 5.76 Å². The number of methoxy groups -OCH3 is 1. The van der Waals surface area contributed by atoms with Gasteiger partial charge in [-0.1, -0.05) is 19.9 Å². The third kappa shape index (κ3) is 4.21. The van der Waals surface area contributed by atoms with Crippen molar-refractivity contribution in [3.8, 4) is 5.75 Å². The van der Waals surface area contributed by atoms with Crippen molar-refractivity contribution in [3.05, 3.63) is 65.5 Å². The van der Waals surface area contributed by atoms with E-state index in [1.165, 1.54) is 4.90 Å². The van der Waals surface area contributed by atoms with Crippen molar-refractivity contribution >= 4 is 17.4 Å². The first kappa shape index (κ1) is 21.5. The summed E-state index contributed by atoms with van der Waals surface area (Å²) < 4.78 is 5.16. The SMILES string of the molecule is CCN(CC)CCN1C(=O)C(=O)/C(=C(/O)c2ccc(OC)cc2)C1c1cccnc1. The molecular formula is C23H27N3O4. The Morgan fingerprint density at radius 2 is 1.87 bits per heavy atom. The summed E-state index contributed by atoms with van der Waals surface area (Å²) in [6, 6.07) is 9.61. The van der Waals surface area contributed by atoms with Crippen molar-refractivity contribution in [3.63, 3.8) is 0 Å². The number of aliphatic hydroxyl groups is 1. The highest BCUT2D eigenvalue weighted by atomic mass is 16.5. The van der Waals surface area contributed by atoms with Crippen LogP contribution in [0.3, 0.4) is 0 Å². The number of pyridine rings is 1. The van der Waals surface area contributed by atoms with Crippen LogP contribution in [-0.4, -0.2) is 64.9 Å². The Bertz CT molecular complexity index is 921. The van der Waals surface area contributed by atoms with Gasteiger partial charge in [0, 0.05) is 31.0 Å². The normalized spacial score (nSPS) is 18.3. The van der Waals surface area contributed by atoms with E-state index >= 15 is 0 Å². The van der Waals surface area contributed by atoms with Gasteiger partial charge >= 0.3 is 0 Å². The van der Waals surface area contributed by atoms with Crippen molar-refractivity contribution in [1.29, 1.82) is 0 Å². The van der Waals surface area contributed by atoms with Crippen LogP contribution in [0.2, 0.25) is 0 Å². The fourth-order valence-corrected chi connectivity index (χ4v) is 3.69. The van der Waals surface area contributed by atoms with Crippen LogP contribution in [0.1, 0.15) is 31.0 Å². The van der Waals surface area contributed by atoms with Crippen LogP contribution in [-0.2, 0) is 9.59 Å². The predicted molar refractivity (Wildman–Crippen MR) is 114 cm³/mol. The molecule has 1 N–H and O–H groups in total. The summed E-state index contributed by atoms with van der Waals surface area (Å²) in [6.07, 6.45) is 3.26. The van der Waals surface area contributed by atoms with Gasteiger partial charge in [0.25, 0.3) is 11.7 Å². The van der Waals surface area contributed by atoms with Crippen molar-refractivity contribution in [2.75, 3.05) is 33.3 Å². The number of carbonyl (C=O) groups excluding carboxylic acids is 2. The number of amides is 1. The lowest BCUT2D eigenvalue weighted by Crippen LogP contribution is -2.38. The van der Waals surface area contributed by atoms with Crippen molar-refractivity contribution in [2.24, 2.45) is 0 Å². The fraction of sp³-hybridized carbons (Fsp3) is 0.348. The molecule has 2 aromatic rings. The topological polar surface area (TPSA) is 83.0 Å². The molecule has 1 aliphatic heterocycles. The fourth-order valence-electron chi connectivity index (χ4n) is 3.69. The minimum Gasteiger partial charge on any atom is -0.507 e. The maximum Gasteiger partial charge on any atom is 0.295 e. The molecule has 1 fully saturated rings. The molecule has 0 saturated carbocycles. The zero-order chi connectivity index (χ0) is 21.7. The molecule has 1 aromatic carbocycles. The Kier molecular flexibility index (Phi) is 6.84. The molecule has 3 rings (SSSR count). The van der Waals surface area contributed by atoms with E-state index in [2.05, 4.69) is 23.7 Å². The van der Waals surface area contributed by atoms with Gasteiger partial charge in [-0.2, -0.15) is 0 Å². The molecule has 158 valence electrons. The molecular weight excluding hydrogens is 382 g/mol. The summed E-state index contributed by atoms with van der Waals surface area (Å²) in [7, 11) is 1.55. The summed E-state index contributed by atoms with van der Waals surface area (Å²) in [4.78, 5) is 33.7. The van der Waals surface area contributed by atoms with E-state index in [0.29, 0.717) is 30.0 Å². The molecule has 30 heavy (non-hydrogen) atoms. The Labute approximate surface area is 176 Å². The molecule has 1 unspecified atom stereocenters. The number of benzene rings is 1. The number of ether oxygens (including phenoxy) is 1. The second kappa shape index (κ2) is 9.54. The quantitative estimate of drug-likeness (QED) is 0.410. The first-order valence-electron chi connectivity index (χ1n) is 10.1. The number of nitrogens with zero attached hydrogens (tertiary/aromatic N) is 3. The number of carbonyl (C=O) groups is 2. The summed E-state index contributed by atoms with van der Waals surface area (Å²) in [5.41, 5.74) is 1.22. The summed E-state index contributed by atoms with van der Waals surface area (Å²) in [5, 5.41) is 11.0. The third-order valence-electron chi connectivity index (χ3n) is 5.46. The summed E-state index contributed by atoms with van der Waals surface area (Å²) in [5.74, 6) is -0.854. The van der Waals surface area contributed by atoms with Crippen LogP contribution >= 0.6 is 0 Å². The average molecular weight is 409 g/mol. The van der Waals surface area contributed by atoms with E-state index in [1.807, 2.05) is 6.07 Å². The molecule has 1 aromatic heterocycles. The van der Waals surface area contributed by atoms with E-state index in [-0.39, 0.29) is 11.3 Å². The van der Waals surface area contributed by atoms with Gasteiger partial charge in [-0.05, 0) is 49.0 Å².